The van der Waals surface area contributed by atoms with Gasteiger partial charge in [-0.25, -0.2) is 4.79 Å². The fourth-order valence-corrected chi connectivity index (χ4v) is 1.71. The molecule has 0 spiro atoms. The number of anilines is 1. The molecule has 0 fully saturated rings. The monoisotopic (exact) mass is 291 g/mol. The Bertz CT molecular complexity index is 593. The van der Waals surface area contributed by atoms with E-state index in [1.54, 1.807) is 7.11 Å². The van der Waals surface area contributed by atoms with E-state index in [1.165, 1.54) is 12.3 Å². The van der Waals surface area contributed by atoms with Crippen molar-refractivity contribution in [3.05, 3.63) is 47.9 Å². The van der Waals surface area contributed by atoms with E-state index in [0.717, 1.165) is 11.4 Å². The van der Waals surface area contributed by atoms with E-state index in [1.807, 2.05) is 24.3 Å². The number of carboxylic acids is 1. The second-order valence-corrected chi connectivity index (χ2v) is 4.33. The lowest BCUT2D eigenvalue weighted by atomic mass is 10.3. The molecule has 112 valence electrons. The first-order valence-corrected chi connectivity index (χ1v) is 6.45. The molecule has 0 unspecified atom stereocenters. The second kappa shape index (κ2) is 7.35. The van der Waals surface area contributed by atoms with Crippen molar-refractivity contribution in [1.82, 2.24) is 0 Å². The minimum Gasteiger partial charge on any atom is -0.491 e. The van der Waals surface area contributed by atoms with Gasteiger partial charge < -0.3 is 24.3 Å². The fraction of sp³-hybridized carbons (Fsp3) is 0.267. The zero-order chi connectivity index (χ0) is 15.1. The van der Waals surface area contributed by atoms with Crippen LogP contribution in [0.5, 0.6) is 5.75 Å². The van der Waals surface area contributed by atoms with E-state index < -0.39 is 5.97 Å². The largest absolute Gasteiger partial charge is 0.491 e. The summed E-state index contributed by atoms with van der Waals surface area (Å²) in [6.07, 6.45) is 1.23. The Morgan fingerprint density at radius 1 is 1.33 bits per heavy atom. The van der Waals surface area contributed by atoms with Crippen molar-refractivity contribution in [3.8, 4) is 5.75 Å². The molecular weight excluding hydrogens is 274 g/mol. The molecule has 0 saturated carbocycles. The third-order valence-electron chi connectivity index (χ3n) is 2.76. The zero-order valence-electron chi connectivity index (χ0n) is 11.7. The van der Waals surface area contributed by atoms with Gasteiger partial charge in [0.2, 0.25) is 0 Å². The lowest BCUT2D eigenvalue weighted by Gasteiger charge is -2.08. The molecule has 0 bridgehead atoms. The number of aromatic carboxylic acids is 1. The number of carboxylic acid groups (broad SMARTS) is 1. The standard InChI is InChI=1S/C15H17NO5/c1-19-5-6-20-13-4-2-3-12(8-13)16-9-14-7-11(10-21-14)15(17)18/h2-4,7-8,10,16H,5-6,9H2,1H3,(H,17,18). The third kappa shape index (κ3) is 4.54. The van der Waals surface area contributed by atoms with Gasteiger partial charge in [-0.05, 0) is 18.2 Å². The molecule has 1 aromatic carbocycles. The lowest BCUT2D eigenvalue weighted by molar-refractivity contribution is 0.0696. The summed E-state index contributed by atoms with van der Waals surface area (Å²) >= 11 is 0. The molecule has 0 radical (unpaired) electrons. The third-order valence-corrected chi connectivity index (χ3v) is 2.76. The molecule has 2 N–H and O–H groups in total. The van der Waals surface area contributed by atoms with Gasteiger partial charge in [0, 0.05) is 18.9 Å². The Hall–Kier alpha value is -2.47. The molecule has 1 heterocycles. The average molecular weight is 291 g/mol. The van der Waals surface area contributed by atoms with Crippen LogP contribution in [-0.2, 0) is 11.3 Å². The van der Waals surface area contributed by atoms with Gasteiger partial charge in [0.1, 0.15) is 24.4 Å². The number of ether oxygens (including phenoxy) is 2. The number of rotatable bonds is 8. The first-order chi connectivity index (χ1) is 10.2. The van der Waals surface area contributed by atoms with Gasteiger partial charge in [0.25, 0.3) is 0 Å². The number of carbonyl (C=O) groups is 1. The number of furan rings is 1. The zero-order valence-corrected chi connectivity index (χ0v) is 11.7. The highest BCUT2D eigenvalue weighted by Gasteiger charge is 2.07. The van der Waals surface area contributed by atoms with Gasteiger partial charge in [-0.2, -0.15) is 0 Å². The van der Waals surface area contributed by atoms with E-state index >= 15 is 0 Å². The van der Waals surface area contributed by atoms with Gasteiger partial charge in [0.05, 0.1) is 18.7 Å². The number of benzene rings is 1. The summed E-state index contributed by atoms with van der Waals surface area (Å²) in [5.74, 6) is 0.291. The minimum absolute atomic E-state index is 0.142. The molecule has 2 rings (SSSR count). The van der Waals surface area contributed by atoms with Crippen LogP contribution in [0, 0.1) is 0 Å². The van der Waals surface area contributed by atoms with Crippen molar-refractivity contribution >= 4 is 11.7 Å². The molecule has 1 aromatic heterocycles. The maximum absolute atomic E-state index is 10.8. The summed E-state index contributed by atoms with van der Waals surface area (Å²) in [5, 5.41) is 12.0. The summed E-state index contributed by atoms with van der Waals surface area (Å²) in [5.41, 5.74) is 1.00. The molecule has 0 saturated heterocycles. The molecule has 0 atom stereocenters. The Balaban J connectivity index is 1.90. The Morgan fingerprint density at radius 2 is 2.19 bits per heavy atom. The quantitative estimate of drug-likeness (QED) is 0.728. The smallest absolute Gasteiger partial charge is 0.338 e. The second-order valence-electron chi connectivity index (χ2n) is 4.33. The Labute approximate surface area is 122 Å². The summed E-state index contributed by atoms with van der Waals surface area (Å²) < 4.78 is 15.6. The molecule has 0 aliphatic rings. The summed E-state index contributed by atoms with van der Waals surface area (Å²) in [4.78, 5) is 10.8. The molecule has 0 aliphatic carbocycles. The van der Waals surface area contributed by atoms with Gasteiger partial charge in [-0.15, -0.1) is 0 Å². The SMILES string of the molecule is COCCOc1cccc(NCc2cc(C(=O)O)co2)c1. The Kier molecular flexibility index (Phi) is 5.22. The van der Waals surface area contributed by atoms with Crippen LogP contribution >= 0.6 is 0 Å². The van der Waals surface area contributed by atoms with Crippen molar-refractivity contribution < 1.29 is 23.8 Å². The van der Waals surface area contributed by atoms with E-state index in [4.69, 9.17) is 19.0 Å². The van der Waals surface area contributed by atoms with E-state index in [9.17, 15) is 4.79 Å². The van der Waals surface area contributed by atoms with Crippen LogP contribution in [0.3, 0.4) is 0 Å². The highest BCUT2D eigenvalue weighted by molar-refractivity contribution is 5.87. The molecule has 6 nitrogen and oxygen atoms in total. The van der Waals surface area contributed by atoms with Crippen LogP contribution in [0.2, 0.25) is 0 Å². The topological polar surface area (TPSA) is 80.9 Å². The summed E-state index contributed by atoms with van der Waals surface area (Å²) in [6, 6.07) is 8.97. The highest BCUT2D eigenvalue weighted by atomic mass is 16.5. The first-order valence-electron chi connectivity index (χ1n) is 6.45. The fourth-order valence-electron chi connectivity index (χ4n) is 1.71. The van der Waals surface area contributed by atoms with Crippen LogP contribution in [0.1, 0.15) is 16.1 Å². The molecule has 2 aromatic rings. The molecule has 0 amide bonds. The number of methoxy groups -OCH3 is 1. The van der Waals surface area contributed by atoms with Gasteiger partial charge >= 0.3 is 5.97 Å². The van der Waals surface area contributed by atoms with Gasteiger partial charge in [0.15, 0.2) is 0 Å². The van der Waals surface area contributed by atoms with Crippen molar-refractivity contribution in [2.24, 2.45) is 0 Å². The van der Waals surface area contributed by atoms with Gasteiger partial charge in [-0.3, -0.25) is 0 Å². The highest BCUT2D eigenvalue weighted by Crippen LogP contribution is 2.18. The lowest BCUT2D eigenvalue weighted by Crippen LogP contribution is -2.04. The summed E-state index contributed by atoms with van der Waals surface area (Å²) in [7, 11) is 1.62. The maximum Gasteiger partial charge on any atom is 0.338 e. The molecule has 0 aliphatic heterocycles. The summed E-state index contributed by atoms with van der Waals surface area (Å²) in [6.45, 7) is 1.41. The normalized spacial score (nSPS) is 10.3. The Morgan fingerprint density at radius 3 is 2.90 bits per heavy atom. The number of hydrogen-bond donors (Lipinski definition) is 2. The van der Waals surface area contributed by atoms with Crippen molar-refractivity contribution in [2.75, 3.05) is 25.6 Å². The van der Waals surface area contributed by atoms with Crippen LogP contribution in [-0.4, -0.2) is 31.4 Å². The van der Waals surface area contributed by atoms with Crippen molar-refractivity contribution in [3.63, 3.8) is 0 Å². The average Bonchev–Trinajstić information content (AvgIpc) is 2.95. The number of nitrogens with one attached hydrogen (secondary N) is 1. The predicted molar refractivity (Wildman–Crippen MR) is 76.8 cm³/mol. The minimum atomic E-state index is -1.00. The molecule has 6 heteroatoms. The first kappa shape index (κ1) is 14.9. The maximum atomic E-state index is 10.8. The van der Waals surface area contributed by atoms with Crippen LogP contribution in [0.15, 0.2) is 41.0 Å². The van der Waals surface area contributed by atoms with Crippen LogP contribution < -0.4 is 10.1 Å². The number of hydrogen-bond acceptors (Lipinski definition) is 5. The predicted octanol–water partition coefficient (Wildman–Crippen LogP) is 2.62. The van der Waals surface area contributed by atoms with E-state index in [2.05, 4.69) is 5.32 Å². The van der Waals surface area contributed by atoms with Crippen molar-refractivity contribution in [1.29, 1.82) is 0 Å². The van der Waals surface area contributed by atoms with Crippen LogP contribution in [0.4, 0.5) is 5.69 Å². The van der Waals surface area contributed by atoms with Crippen molar-refractivity contribution in [2.45, 2.75) is 6.54 Å². The van der Waals surface area contributed by atoms with Crippen LogP contribution in [0.25, 0.3) is 0 Å². The van der Waals surface area contributed by atoms with E-state index in [0.29, 0.717) is 25.5 Å². The molecular formula is C15H17NO5. The van der Waals surface area contributed by atoms with Gasteiger partial charge in [-0.1, -0.05) is 6.07 Å². The molecule has 21 heavy (non-hydrogen) atoms. The van der Waals surface area contributed by atoms with E-state index in [-0.39, 0.29) is 5.56 Å².